The standard InChI is InChI=1S/C20H19ClN2O3/c21-15-6-3-14(4-7-15)11-23-12-17(20(22)26)19(25)16-10-13(2-1-9-24)5-8-18(16)23/h3-8,10,12,24H,1-2,9,11H2,(H2,22,26). The van der Waals surface area contributed by atoms with Crippen molar-refractivity contribution >= 4 is 28.4 Å². The maximum atomic E-state index is 12.7. The van der Waals surface area contributed by atoms with Crippen LogP contribution < -0.4 is 11.2 Å². The molecule has 3 N–H and O–H groups in total. The maximum Gasteiger partial charge on any atom is 0.254 e. The molecular weight excluding hydrogens is 352 g/mol. The van der Waals surface area contributed by atoms with Crippen LogP contribution >= 0.6 is 11.6 Å². The minimum atomic E-state index is -0.748. The SMILES string of the molecule is NC(=O)c1cn(Cc2ccc(Cl)cc2)c2ccc(CCCO)cc2c1=O. The predicted molar refractivity (Wildman–Crippen MR) is 103 cm³/mol. The van der Waals surface area contributed by atoms with Gasteiger partial charge in [-0.05, 0) is 48.2 Å². The van der Waals surface area contributed by atoms with Gasteiger partial charge >= 0.3 is 0 Å². The minimum Gasteiger partial charge on any atom is -0.396 e. The van der Waals surface area contributed by atoms with E-state index >= 15 is 0 Å². The summed E-state index contributed by atoms with van der Waals surface area (Å²) in [5.74, 6) is -0.748. The van der Waals surface area contributed by atoms with Gasteiger partial charge in [0.2, 0.25) is 5.43 Å². The molecule has 0 saturated carbocycles. The molecule has 0 aliphatic carbocycles. The Bertz CT molecular complexity index is 1010. The van der Waals surface area contributed by atoms with E-state index in [-0.39, 0.29) is 17.6 Å². The number of aromatic nitrogens is 1. The van der Waals surface area contributed by atoms with Crippen LogP contribution in [0.1, 0.15) is 27.9 Å². The number of primary amides is 1. The van der Waals surface area contributed by atoms with E-state index in [2.05, 4.69) is 0 Å². The van der Waals surface area contributed by atoms with Crippen molar-refractivity contribution in [1.29, 1.82) is 0 Å². The molecular formula is C20H19ClN2O3. The van der Waals surface area contributed by atoms with Crippen molar-refractivity contribution in [3.05, 3.63) is 80.6 Å². The fourth-order valence-electron chi connectivity index (χ4n) is 2.98. The van der Waals surface area contributed by atoms with Gasteiger partial charge in [0.25, 0.3) is 5.91 Å². The van der Waals surface area contributed by atoms with Crippen LogP contribution in [0.2, 0.25) is 5.02 Å². The first-order valence-electron chi connectivity index (χ1n) is 8.31. The van der Waals surface area contributed by atoms with Gasteiger partial charge < -0.3 is 15.4 Å². The van der Waals surface area contributed by atoms with Gasteiger partial charge in [-0.15, -0.1) is 0 Å². The molecule has 1 aromatic heterocycles. The fourth-order valence-corrected chi connectivity index (χ4v) is 3.10. The van der Waals surface area contributed by atoms with E-state index < -0.39 is 5.91 Å². The van der Waals surface area contributed by atoms with Crippen LogP contribution in [0.25, 0.3) is 10.9 Å². The molecule has 2 aromatic carbocycles. The first-order chi connectivity index (χ1) is 12.5. The van der Waals surface area contributed by atoms with Gasteiger partial charge in [0.15, 0.2) is 0 Å². The van der Waals surface area contributed by atoms with Crippen LogP contribution in [0.4, 0.5) is 0 Å². The lowest BCUT2D eigenvalue weighted by atomic mass is 10.0. The molecule has 0 aliphatic heterocycles. The average molecular weight is 371 g/mol. The Morgan fingerprint density at radius 1 is 1.12 bits per heavy atom. The number of hydrogen-bond donors (Lipinski definition) is 2. The number of nitrogens with two attached hydrogens (primary N) is 1. The number of halogens is 1. The molecule has 5 nitrogen and oxygen atoms in total. The van der Waals surface area contributed by atoms with Gasteiger partial charge in [-0.2, -0.15) is 0 Å². The number of rotatable bonds is 6. The summed E-state index contributed by atoms with van der Waals surface area (Å²) in [7, 11) is 0. The van der Waals surface area contributed by atoms with Crippen LogP contribution in [0.5, 0.6) is 0 Å². The third kappa shape index (κ3) is 3.79. The van der Waals surface area contributed by atoms with E-state index in [0.717, 1.165) is 16.6 Å². The summed E-state index contributed by atoms with van der Waals surface area (Å²) in [5.41, 5.74) is 7.64. The largest absolute Gasteiger partial charge is 0.396 e. The first-order valence-corrected chi connectivity index (χ1v) is 8.68. The molecule has 0 unspecified atom stereocenters. The highest BCUT2D eigenvalue weighted by atomic mass is 35.5. The quantitative estimate of drug-likeness (QED) is 0.699. The summed E-state index contributed by atoms with van der Waals surface area (Å²) < 4.78 is 1.84. The molecule has 3 rings (SSSR count). The Balaban J connectivity index is 2.14. The lowest BCUT2D eigenvalue weighted by molar-refractivity contribution is 0.0999. The average Bonchev–Trinajstić information content (AvgIpc) is 2.63. The number of carbonyl (C=O) groups excluding carboxylic acids is 1. The lowest BCUT2D eigenvalue weighted by Crippen LogP contribution is -2.24. The molecule has 0 aliphatic rings. The summed E-state index contributed by atoms with van der Waals surface area (Å²) in [6.07, 6.45) is 2.78. The van der Waals surface area contributed by atoms with E-state index in [1.165, 1.54) is 6.20 Å². The number of benzene rings is 2. The smallest absolute Gasteiger partial charge is 0.254 e. The molecule has 0 bridgehead atoms. The normalized spacial score (nSPS) is 11.0. The molecule has 6 heteroatoms. The van der Waals surface area contributed by atoms with E-state index in [1.54, 1.807) is 18.2 Å². The Morgan fingerprint density at radius 2 is 1.81 bits per heavy atom. The van der Waals surface area contributed by atoms with Gasteiger partial charge in [0, 0.05) is 29.8 Å². The molecule has 0 fully saturated rings. The van der Waals surface area contributed by atoms with Crippen LogP contribution in [0.3, 0.4) is 0 Å². The van der Waals surface area contributed by atoms with Gasteiger partial charge in [0.05, 0.1) is 5.52 Å². The fraction of sp³-hybridized carbons (Fsp3) is 0.200. The molecule has 3 aromatic rings. The van der Waals surface area contributed by atoms with Crippen molar-refractivity contribution in [2.24, 2.45) is 5.73 Å². The lowest BCUT2D eigenvalue weighted by Gasteiger charge is -2.14. The molecule has 0 radical (unpaired) electrons. The van der Waals surface area contributed by atoms with E-state index in [0.29, 0.717) is 29.8 Å². The molecule has 0 saturated heterocycles. The van der Waals surface area contributed by atoms with Crippen molar-refractivity contribution in [2.75, 3.05) is 6.61 Å². The maximum absolute atomic E-state index is 12.7. The van der Waals surface area contributed by atoms with Crippen LogP contribution in [0.15, 0.2) is 53.5 Å². The van der Waals surface area contributed by atoms with Gasteiger partial charge in [-0.25, -0.2) is 0 Å². The number of carbonyl (C=O) groups is 1. The van der Waals surface area contributed by atoms with Crippen molar-refractivity contribution in [3.63, 3.8) is 0 Å². The summed E-state index contributed by atoms with van der Waals surface area (Å²) >= 11 is 5.93. The summed E-state index contributed by atoms with van der Waals surface area (Å²) in [4.78, 5) is 24.4. The zero-order valence-corrected chi connectivity index (χ0v) is 14.9. The first kappa shape index (κ1) is 18.2. The molecule has 0 atom stereocenters. The Morgan fingerprint density at radius 3 is 2.46 bits per heavy atom. The van der Waals surface area contributed by atoms with Gasteiger partial charge in [-0.3, -0.25) is 9.59 Å². The molecule has 0 spiro atoms. The highest BCUT2D eigenvalue weighted by Crippen LogP contribution is 2.18. The minimum absolute atomic E-state index is 0.0363. The van der Waals surface area contributed by atoms with Crippen LogP contribution in [-0.4, -0.2) is 22.2 Å². The summed E-state index contributed by atoms with van der Waals surface area (Å²) in [6.45, 7) is 0.560. The predicted octanol–water partition coefficient (Wildman–Crippen LogP) is 2.73. The zero-order chi connectivity index (χ0) is 18.7. The van der Waals surface area contributed by atoms with Gasteiger partial charge in [0.1, 0.15) is 5.56 Å². The number of aliphatic hydroxyl groups excluding tert-OH is 1. The van der Waals surface area contributed by atoms with Gasteiger partial charge in [-0.1, -0.05) is 29.8 Å². The second-order valence-electron chi connectivity index (χ2n) is 6.17. The number of nitrogens with zero attached hydrogens (tertiary/aromatic N) is 1. The van der Waals surface area contributed by atoms with E-state index in [1.807, 2.05) is 28.8 Å². The molecule has 1 amide bonds. The van der Waals surface area contributed by atoms with Crippen molar-refractivity contribution < 1.29 is 9.90 Å². The van der Waals surface area contributed by atoms with Crippen molar-refractivity contribution in [3.8, 4) is 0 Å². The highest BCUT2D eigenvalue weighted by Gasteiger charge is 2.14. The van der Waals surface area contributed by atoms with Crippen LogP contribution in [-0.2, 0) is 13.0 Å². The second kappa shape index (κ2) is 7.72. The Kier molecular flexibility index (Phi) is 5.40. The Labute approximate surface area is 155 Å². The second-order valence-corrected chi connectivity index (χ2v) is 6.61. The van der Waals surface area contributed by atoms with E-state index in [4.69, 9.17) is 22.4 Å². The molecule has 1 heterocycles. The number of aliphatic hydroxyl groups is 1. The topological polar surface area (TPSA) is 85.3 Å². The molecule has 26 heavy (non-hydrogen) atoms. The summed E-state index contributed by atoms with van der Waals surface area (Å²) in [5, 5.41) is 10.1. The number of hydrogen-bond acceptors (Lipinski definition) is 3. The molecule has 134 valence electrons. The monoisotopic (exact) mass is 370 g/mol. The number of amides is 1. The third-order valence-electron chi connectivity index (χ3n) is 4.30. The number of pyridine rings is 1. The highest BCUT2D eigenvalue weighted by molar-refractivity contribution is 6.30. The van der Waals surface area contributed by atoms with Crippen LogP contribution in [0, 0.1) is 0 Å². The zero-order valence-electron chi connectivity index (χ0n) is 14.1. The number of aryl methyl sites for hydroxylation is 1. The third-order valence-corrected chi connectivity index (χ3v) is 4.55. The van der Waals surface area contributed by atoms with Crippen molar-refractivity contribution in [1.82, 2.24) is 4.57 Å². The van der Waals surface area contributed by atoms with Crippen molar-refractivity contribution in [2.45, 2.75) is 19.4 Å². The Hall–Kier alpha value is -2.63. The number of fused-ring (bicyclic) bond motifs is 1. The summed E-state index contributed by atoms with van der Waals surface area (Å²) in [6, 6.07) is 13.0. The van der Waals surface area contributed by atoms with E-state index in [9.17, 15) is 9.59 Å².